The Labute approximate surface area is 235 Å². The molecular weight excluding hydrogens is 535 g/mol. The number of halogens is 3. The van der Waals surface area contributed by atoms with Crippen LogP contribution in [0.4, 0.5) is 22.8 Å². The van der Waals surface area contributed by atoms with Crippen molar-refractivity contribution in [1.29, 1.82) is 0 Å². The molecule has 214 valence electrons. The Morgan fingerprint density at radius 1 is 0.878 bits per heavy atom. The van der Waals surface area contributed by atoms with Crippen LogP contribution in [0.2, 0.25) is 0 Å². The van der Waals surface area contributed by atoms with Crippen molar-refractivity contribution < 1.29 is 32.3 Å². The van der Waals surface area contributed by atoms with Gasteiger partial charge in [-0.3, -0.25) is 4.79 Å². The summed E-state index contributed by atoms with van der Waals surface area (Å²) in [5.41, 5.74) is 1.45. The van der Waals surface area contributed by atoms with Crippen molar-refractivity contribution in [3.05, 3.63) is 107 Å². The summed E-state index contributed by atoms with van der Waals surface area (Å²) in [4.78, 5) is 42.3. The van der Waals surface area contributed by atoms with Gasteiger partial charge in [0.25, 0.3) is 0 Å². The fourth-order valence-electron chi connectivity index (χ4n) is 5.48. The SMILES string of the molecule is O=C(c1ccccc1)[C@@H]1OC(=O)N(C(=O)NCCCN2CCC(c3ccc(F)cc3)CC2)[C@H]1c1ccc(F)c(F)c1. The summed E-state index contributed by atoms with van der Waals surface area (Å²) in [6.07, 6.45) is 0.0320. The monoisotopic (exact) mass is 565 g/mol. The van der Waals surface area contributed by atoms with Crippen LogP contribution in [-0.2, 0) is 4.74 Å². The number of piperidine rings is 1. The lowest BCUT2D eigenvalue weighted by molar-refractivity contribution is 0.0720. The Morgan fingerprint density at radius 2 is 1.56 bits per heavy atom. The van der Waals surface area contributed by atoms with Crippen molar-refractivity contribution in [3.63, 3.8) is 0 Å². The molecule has 0 spiro atoms. The predicted molar refractivity (Wildman–Crippen MR) is 145 cm³/mol. The third kappa shape index (κ3) is 6.43. The third-order valence-corrected chi connectivity index (χ3v) is 7.67. The Balaban J connectivity index is 1.20. The van der Waals surface area contributed by atoms with Gasteiger partial charge in [0, 0.05) is 12.1 Å². The molecule has 0 bridgehead atoms. The van der Waals surface area contributed by atoms with E-state index in [4.69, 9.17) is 4.74 Å². The van der Waals surface area contributed by atoms with Crippen LogP contribution in [0.15, 0.2) is 72.8 Å². The van der Waals surface area contributed by atoms with E-state index in [1.165, 1.54) is 18.2 Å². The number of ether oxygens (including phenoxy) is 1. The van der Waals surface area contributed by atoms with Gasteiger partial charge in [-0.15, -0.1) is 0 Å². The van der Waals surface area contributed by atoms with Gasteiger partial charge in [-0.2, -0.15) is 0 Å². The van der Waals surface area contributed by atoms with Crippen LogP contribution in [-0.4, -0.2) is 60.0 Å². The van der Waals surface area contributed by atoms with E-state index in [1.54, 1.807) is 30.3 Å². The minimum Gasteiger partial charge on any atom is -0.435 e. The lowest BCUT2D eigenvalue weighted by Gasteiger charge is -2.32. The summed E-state index contributed by atoms with van der Waals surface area (Å²) in [6.45, 7) is 2.72. The van der Waals surface area contributed by atoms with Crippen LogP contribution < -0.4 is 5.32 Å². The number of carbonyl (C=O) groups excluding carboxylic acids is 3. The molecule has 3 aromatic carbocycles. The normalized spacial score (nSPS) is 19.7. The Hall–Kier alpha value is -4.18. The molecule has 0 aliphatic carbocycles. The second-order valence-electron chi connectivity index (χ2n) is 10.3. The molecule has 1 N–H and O–H groups in total. The van der Waals surface area contributed by atoms with Gasteiger partial charge in [0.05, 0.1) is 0 Å². The van der Waals surface area contributed by atoms with E-state index in [1.807, 2.05) is 12.1 Å². The molecule has 2 heterocycles. The Bertz CT molecular complexity index is 1400. The first-order valence-corrected chi connectivity index (χ1v) is 13.6. The van der Waals surface area contributed by atoms with Crippen LogP contribution in [0.3, 0.4) is 0 Å². The highest BCUT2D eigenvalue weighted by Gasteiger charge is 2.50. The van der Waals surface area contributed by atoms with Crippen molar-refractivity contribution in [2.45, 2.75) is 37.3 Å². The first-order valence-electron chi connectivity index (χ1n) is 13.6. The molecule has 2 atom stereocenters. The number of carbonyl (C=O) groups is 3. The van der Waals surface area contributed by atoms with Gasteiger partial charge >= 0.3 is 12.1 Å². The summed E-state index contributed by atoms with van der Waals surface area (Å²) in [6, 6.07) is 15.6. The van der Waals surface area contributed by atoms with Gasteiger partial charge in [-0.05, 0) is 80.2 Å². The van der Waals surface area contributed by atoms with E-state index >= 15 is 0 Å². The van der Waals surface area contributed by atoms with Crippen LogP contribution in [0.5, 0.6) is 0 Å². The summed E-state index contributed by atoms with van der Waals surface area (Å²) in [5.74, 6) is -2.69. The number of nitrogens with zero attached hydrogens (tertiary/aromatic N) is 2. The smallest absolute Gasteiger partial charge is 0.419 e. The number of cyclic esters (lactones) is 1. The fourth-order valence-corrected chi connectivity index (χ4v) is 5.48. The number of benzene rings is 3. The molecule has 3 aromatic rings. The molecule has 3 amide bonds. The number of hydrogen-bond donors (Lipinski definition) is 1. The minimum absolute atomic E-state index is 0.0585. The molecular formula is C31H30F3N3O4. The number of Topliss-reactive ketones (excluding diaryl/α,β-unsaturated/α-hetero) is 1. The zero-order valence-electron chi connectivity index (χ0n) is 22.3. The maximum absolute atomic E-state index is 14.1. The van der Waals surface area contributed by atoms with Crippen molar-refractivity contribution in [3.8, 4) is 0 Å². The van der Waals surface area contributed by atoms with Crippen molar-refractivity contribution >= 4 is 17.9 Å². The molecule has 0 radical (unpaired) electrons. The van der Waals surface area contributed by atoms with E-state index < -0.39 is 41.7 Å². The average molecular weight is 566 g/mol. The summed E-state index contributed by atoms with van der Waals surface area (Å²) < 4.78 is 46.4. The first-order chi connectivity index (χ1) is 19.8. The molecule has 7 nitrogen and oxygen atoms in total. The van der Waals surface area contributed by atoms with Crippen LogP contribution in [0.1, 0.15) is 52.7 Å². The van der Waals surface area contributed by atoms with Gasteiger partial charge in [0.1, 0.15) is 11.9 Å². The molecule has 2 aliphatic rings. The van der Waals surface area contributed by atoms with Crippen molar-refractivity contribution in [2.24, 2.45) is 0 Å². The molecule has 0 saturated carbocycles. The highest BCUT2D eigenvalue weighted by Crippen LogP contribution is 2.36. The lowest BCUT2D eigenvalue weighted by atomic mass is 9.89. The zero-order valence-corrected chi connectivity index (χ0v) is 22.3. The first kappa shape index (κ1) is 28.4. The number of urea groups is 1. The molecule has 2 fully saturated rings. The van der Waals surface area contributed by atoms with Gasteiger partial charge in [-0.1, -0.05) is 48.5 Å². The summed E-state index contributed by atoms with van der Waals surface area (Å²) in [5, 5.41) is 2.70. The number of likely N-dealkylation sites (tertiary alicyclic amines) is 1. The highest BCUT2D eigenvalue weighted by atomic mass is 19.2. The fraction of sp³-hybridized carbons (Fsp3) is 0.323. The second-order valence-corrected chi connectivity index (χ2v) is 10.3. The van der Waals surface area contributed by atoms with Crippen molar-refractivity contribution in [1.82, 2.24) is 15.1 Å². The summed E-state index contributed by atoms with van der Waals surface area (Å²) in [7, 11) is 0. The molecule has 5 rings (SSSR count). The zero-order chi connectivity index (χ0) is 28.9. The molecule has 0 aromatic heterocycles. The standard InChI is InChI=1S/C31H30F3N3O4/c32-24-10-7-20(8-11-24)21-13-17-36(18-14-21)16-4-15-35-30(39)37-27(23-9-12-25(33)26(34)19-23)29(41-31(37)40)28(38)22-5-2-1-3-6-22/h1-3,5-12,19,21,27,29H,4,13-18H2,(H,35,39)/t27-,29+/m0/s1. The minimum atomic E-state index is -1.43. The molecule has 2 aliphatic heterocycles. The number of imide groups is 1. The maximum Gasteiger partial charge on any atom is 0.419 e. The van der Waals surface area contributed by atoms with E-state index in [0.29, 0.717) is 12.3 Å². The largest absolute Gasteiger partial charge is 0.435 e. The van der Waals surface area contributed by atoms with E-state index in [9.17, 15) is 27.6 Å². The van der Waals surface area contributed by atoms with E-state index in [0.717, 1.165) is 55.1 Å². The van der Waals surface area contributed by atoms with Gasteiger partial charge in [-0.25, -0.2) is 27.7 Å². The van der Waals surface area contributed by atoms with E-state index in [-0.39, 0.29) is 23.5 Å². The van der Waals surface area contributed by atoms with Crippen LogP contribution in [0.25, 0.3) is 0 Å². The van der Waals surface area contributed by atoms with Crippen LogP contribution >= 0.6 is 0 Å². The number of nitrogens with one attached hydrogen (secondary N) is 1. The number of ketones is 1. The predicted octanol–water partition coefficient (Wildman–Crippen LogP) is 5.83. The Morgan fingerprint density at radius 3 is 2.24 bits per heavy atom. The number of hydrogen-bond acceptors (Lipinski definition) is 5. The highest BCUT2D eigenvalue weighted by molar-refractivity contribution is 6.04. The van der Waals surface area contributed by atoms with E-state index in [2.05, 4.69) is 10.2 Å². The average Bonchev–Trinajstić information content (AvgIpc) is 3.34. The Kier molecular flexibility index (Phi) is 8.68. The van der Waals surface area contributed by atoms with Crippen molar-refractivity contribution in [2.75, 3.05) is 26.2 Å². The molecule has 10 heteroatoms. The van der Waals surface area contributed by atoms with Gasteiger partial charge in [0.15, 0.2) is 17.7 Å². The number of amides is 3. The quantitative estimate of drug-likeness (QED) is 0.275. The summed E-state index contributed by atoms with van der Waals surface area (Å²) >= 11 is 0. The second kappa shape index (κ2) is 12.6. The molecule has 0 unspecified atom stereocenters. The third-order valence-electron chi connectivity index (χ3n) is 7.67. The van der Waals surface area contributed by atoms with Gasteiger partial charge < -0.3 is 15.0 Å². The van der Waals surface area contributed by atoms with Gasteiger partial charge in [0.2, 0.25) is 5.78 Å². The van der Waals surface area contributed by atoms with Crippen LogP contribution in [0, 0.1) is 17.5 Å². The lowest BCUT2D eigenvalue weighted by Crippen LogP contribution is -2.44. The molecule has 41 heavy (non-hydrogen) atoms. The maximum atomic E-state index is 14.1. The number of rotatable bonds is 8. The topological polar surface area (TPSA) is 79.0 Å². The molecule has 2 saturated heterocycles.